The third-order valence-electron chi connectivity index (χ3n) is 10.7. The van der Waals surface area contributed by atoms with Crippen molar-refractivity contribution in [2.24, 2.45) is 0 Å². The van der Waals surface area contributed by atoms with Gasteiger partial charge in [-0.25, -0.2) is 4.79 Å². The summed E-state index contributed by atoms with van der Waals surface area (Å²) in [6.07, 6.45) is 8.45. The lowest BCUT2D eigenvalue weighted by atomic mass is 9.88. The third kappa shape index (κ3) is 5.99. The molecule has 6 heterocycles. The number of amides is 1. The highest BCUT2D eigenvalue weighted by Crippen LogP contribution is 2.43. The number of anilines is 1. The third-order valence-corrected chi connectivity index (χ3v) is 10.7. The van der Waals surface area contributed by atoms with Gasteiger partial charge in [-0.05, 0) is 96.4 Å². The molecule has 7 rings (SSSR count). The minimum atomic E-state index is -0.525. The van der Waals surface area contributed by atoms with E-state index in [2.05, 4.69) is 51.1 Å². The lowest BCUT2D eigenvalue weighted by Gasteiger charge is -2.51. The standard InChI is InChI=1S/C36H48N6O3/c1-35(2,3)45-34(43)40-22-27-12-7-13-28(23-40)42(27)32-29-14-19-39(21-26-10-5-4-6-11-26)24-31(29)30(20-37)33(38-32)44-25-36-15-8-17-41(36)18-9-16-36/h4-6,10-11,27-28H,7-9,12-19,21-25H2,1-3H3/t27-,28+. The van der Waals surface area contributed by atoms with Gasteiger partial charge in [0.2, 0.25) is 5.88 Å². The van der Waals surface area contributed by atoms with Gasteiger partial charge in [0.25, 0.3) is 0 Å². The number of nitrogens with zero attached hydrogens (tertiary/aromatic N) is 6. The van der Waals surface area contributed by atoms with E-state index in [1.54, 1.807) is 0 Å². The van der Waals surface area contributed by atoms with Crippen LogP contribution in [0.4, 0.5) is 10.6 Å². The van der Waals surface area contributed by atoms with Crippen molar-refractivity contribution < 1.29 is 14.3 Å². The number of carbonyl (C=O) groups excluding carboxylic acids is 1. The van der Waals surface area contributed by atoms with Gasteiger partial charge < -0.3 is 19.3 Å². The topological polar surface area (TPSA) is 85.2 Å². The number of ether oxygens (including phenoxy) is 2. The Hall–Kier alpha value is -3.35. The first-order valence-electron chi connectivity index (χ1n) is 17.1. The summed E-state index contributed by atoms with van der Waals surface area (Å²) >= 11 is 0. The maximum Gasteiger partial charge on any atom is 0.410 e. The van der Waals surface area contributed by atoms with Crippen LogP contribution in [-0.4, -0.2) is 88.3 Å². The number of aromatic nitrogens is 1. The lowest BCUT2D eigenvalue weighted by molar-refractivity contribution is 0.0154. The molecule has 1 aromatic heterocycles. The van der Waals surface area contributed by atoms with Crippen LogP contribution in [0.2, 0.25) is 0 Å². The molecular weight excluding hydrogens is 564 g/mol. The van der Waals surface area contributed by atoms with Crippen molar-refractivity contribution in [3.8, 4) is 11.9 Å². The Bertz CT molecular complexity index is 1430. The highest BCUT2D eigenvalue weighted by molar-refractivity contribution is 5.70. The van der Waals surface area contributed by atoms with Crippen LogP contribution in [0.25, 0.3) is 0 Å². The van der Waals surface area contributed by atoms with E-state index in [1.807, 2.05) is 25.7 Å². The van der Waals surface area contributed by atoms with E-state index in [-0.39, 0.29) is 23.7 Å². The molecule has 0 N–H and O–H groups in total. The predicted octanol–water partition coefficient (Wildman–Crippen LogP) is 5.50. The quantitative estimate of drug-likeness (QED) is 0.423. The van der Waals surface area contributed by atoms with E-state index in [1.165, 1.54) is 24.0 Å². The fourth-order valence-corrected chi connectivity index (χ4v) is 8.65. The number of hydrogen-bond donors (Lipinski definition) is 0. The summed E-state index contributed by atoms with van der Waals surface area (Å²) < 4.78 is 12.5. The summed E-state index contributed by atoms with van der Waals surface area (Å²) in [6, 6.07) is 13.4. The summed E-state index contributed by atoms with van der Waals surface area (Å²) in [6.45, 7) is 12.3. The molecule has 1 aromatic carbocycles. The fraction of sp³-hybridized carbons (Fsp3) is 0.639. The predicted molar refractivity (Wildman–Crippen MR) is 173 cm³/mol. The largest absolute Gasteiger partial charge is 0.475 e. The lowest BCUT2D eigenvalue weighted by Crippen LogP contribution is -2.63. The molecule has 2 aromatic rings. The number of rotatable bonds is 6. The van der Waals surface area contributed by atoms with Gasteiger partial charge >= 0.3 is 6.09 Å². The first kappa shape index (κ1) is 30.3. The van der Waals surface area contributed by atoms with Crippen LogP contribution in [0.3, 0.4) is 0 Å². The van der Waals surface area contributed by atoms with Gasteiger partial charge in [0, 0.05) is 50.4 Å². The molecule has 9 nitrogen and oxygen atoms in total. The first-order chi connectivity index (χ1) is 21.7. The number of hydrogen-bond acceptors (Lipinski definition) is 8. The average Bonchev–Trinajstić information content (AvgIpc) is 3.59. The molecule has 45 heavy (non-hydrogen) atoms. The van der Waals surface area contributed by atoms with Crippen molar-refractivity contribution in [3.63, 3.8) is 0 Å². The zero-order chi connectivity index (χ0) is 31.2. The van der Waals surface area contributed by atoms with Crippen molar-refractivity contribution in [1.29, 1.82) is 5.26 Å². The molecule has 5 aliphatic heterocycles. The number of nitriles is 1. The summed E-state index contributed by atoms with van der Waals surface area (Å²) in [4.78, 5) is 27.9. The fourth-order valence-electron chi connectivity index (χ4n) is 8.65. The summed E-state index contributed by atoms with van der Waals surface area (Å²) in [5.74, 6) is 1.47. The molecule has 9 heteroatoms. The smallest absolute Gasteiger partial charge is 0.410 e. The van der Waals surface area contributed by atoms with Gasteiger partial charge in [-0.3, -0.25) is 9.80 Å². The molecule has 0 saturated carbocycles. The van der Waals surface area contributed by atoms with Crippen molar-refractivity contribution >= 4 is 11.9 Å². The maximum absolute atomic E-state index is 13.1. The Balaban J connectivity index is 1.23. The van der Waals surface area contributed by atoms with Crippen molar-refractivity contribution in [2.45, 2.75) is 108 Å². The SMILES string of the molecule is CC(C)(C)OC(=O)N1C[C@H]2CCC[C@@H](C1)N2c1nc(OCC23CCCN2CCC3)c(C#N)c2c1CCN(Cc1ccccc1)C2. The number of pyridine rings is 1. The number of piperidine rings is 1. The summed E-state index contributed by atoms with van der Waals surface area (Å²) in [5.41, 5.74) is 3.68. The van der Waals surface area contributed by atoms with E-state index < -0.39 is 5.60 Å². The molecule has 0 spiro atoms. The zero-order valence-corrected chi connectivity index (χ0v) is 27.3. The minimum absolute atomic E-state index is 0.0688. The molecule has 0 radical (unpaired) electrons. The molecule has 2 atom stereocenters. The Morgan fingerprint density at radius 2 is 1.73 bits per heavy atom. The average molecular weight is 613 g/mol. The highest BCUT2D eigenvalue weighted by atomic mass is 16.6. The van der Waals surface area contributed by atoms with E-state index >= 15 is 0 Å². The normalized spacial score (nSPS) is 24.6. The van der Waals surface area contributed by atoms with Gasteiger partial charge in [0.05, 0.1) is 5.54 Å². The van der Waals surface area contributed by atoms with Gasteiger partial charge in [0.15, 0.2) is 0 Å². The van der Waals surface area contributed by atoms with Crippen LogP contribution in [0.15, 0.2) is 30.3 Å². The van der Waals surface area contributed by atoms with Crippen molar-refractivity contribution in [2.75, 3.05) is 44.2 Å². The van der Waals surface area contributed by atoms with Gasteiger partial charge in [0.1, 0.15) is 29.7 Å². The Labute approximate surface area is 268 Å². The number of benzene rings is 1. The van der Waals surface area contributed by atoms with Crippen LogP contribution in [-0.2, 0) is 24.2 Å². The summed E-state index contributed by atoms with van der Waals surface area (Å²) in [7, 11) is 0. The zero-order valence-electron chi connectivity index (χ0n) is 27.3. The van der Waals surface area contributed by atoms with Crippen LogP contribution >= 0.6 is 0 Å². The van der Waals surface area contributed by atoms with Crippen LogP contribution in [0.5, 0.6) is 5.88 Å². The Morgan fingerprint density at radius 1 is 1.02 bits per heavy atom. The van der Waals surface area contributed by atoms with Crippen LogP contribution in [0, 0.1) is 11.3 Å². The van der Waals surface area contributed by atoms with E-state index in [9.17, 15) is 10.1 Å². The molecule has 4 fully saturated rings. The number of carbonyl (C=O) groups is 1. The van der Waals surface area contributed by atoms with Crippen LogP contribution in [0.1, 0.15) is 88.0 Å². The van der Waals surface area contributed by atoms with E-state index in [4.69, 9.17) is 14.5 Å². The Kier molecular flexibility index (Phi) is 8.16. The molecule has 2 bridgehead atoms. The van der Waals surface area contributed by atoms with Crippen molar-refractivity contribution in [1.82, 2.24) is 19.7 Å². The maximum atomic E-state index is 13.1. The number of piperazine rings is 1. The van der Waals surface area contributed by atoms with Gasteiger partial charge in [-0.15, -0.1) is 0 Å². The number of fused-ring (bicyclic) bond motifs is 4. The van der Waals surface area contributed by atoms with E-state index in [0.29, 0.717) is 37.7 Å². The summed E-state index contributed by atoms with van der Waals surface area (Å²) in [5, 5.41) is 10.6. The second-order valence-electron chi connectivity index (χ2n) is 14.9. The molecular formula is C36H48N6O3. The van der Waals surface area contributed by atoms with Crippen molar-refractivity contribution in [3.05, 3.63) is 52.6 Å². The van der Waals surface area contributed by atoms with Gasteiger partial charge in [-0.1, -0.05) is 30.3 Å². The molecule has 0 aliphatic carbocycles. The Morgan fingerprint density at radius 3 is 2.40 bits per heavy atom. The second kappa shape index (κ2) is 12.1. The second-order valence-corrected chi connectivity index (χ2v) is 14.9. The first-order valence-corrected chi connectivity index (χ1v) is 17.1. The molecule has 0 unspecified atom stereocenters. The monoisotopic (exact) mass is 612 g/mol. The van der Waals surface area contributed by atoms with Crippen LogP contribution < -0.4 is 9.64 Å². The molecule has 1 amide bonds. The minimum Gasteiger partial charge on any atom is -0.475 e. The molecule has 240 valence electrons. The van der Waals surface area contributed by atoms with E-state index in [0.717, 1.165) is 76.1 Å². The molecule has 4 saturated heterocycles. The number of likely N-dealkylation sites (tertiary alicyclic amines) is 1. The van der Waals surface area contributed by atoms with Gasteiger partial charge in [-0.2, -0.15) is 10.2 Å². The molecule has 5 aliphatic rings. The highest BCUT2D eigenvalue weighted by Gasteiger charge is 2.46.